The van der Waals surface area contributed by atoms with Gasteiger partial charge in [-0.25, -0.2) is 0 Å². The molecule has 0 saturated carbocycles. The molecule has 0 saturated heterocycles. The second-order valence-electron chi connectivity index (χ2n) is 9.02. The van der Waals surface area contributed by atoms with Gasteiger partial charge in [-0.05, 0) is 17.7 Å². The summed E-state index contributed by atoms with van der Waals surface area (Å²) in [7, 11) is 5.31. The maximum atomic E-state index is 14.0. The number of aliphatic hydroxyl groups excluding tert-OH is 1. The quantitative estimate of drug-likeness (QED) is 0.487. The Morgan fingerprint density at radius 3 is 2.32 bits per heavy atom. The van der Waals surface area contributed by atoms with E-state index in [1.165, 1.54) is 46.6 Å². The Labute approximate surface area is 223 Å². The van der Waals surface area contributed by atoms with Crippen molar-refractivity contribution in [2.45, 2.75) is 31.3 Å². The SMILES string of the molecule is COC(=O)C[C@H](C1=C(O)[C@@]2(Oc3c(Cl)c(OC)cc(OC)c3C2=O)[C@H](C)CC1=O)c1ccc(OC)c(O)c1. The second kappa shape index (κ2) is 10.1. The molecule has 202 valence electrons. The minimum absolute atomic E-state index is 0.00170. The molecule has 1 aliphatic carbocycles. The van der Waals surface area contributed by atoms with Crippen LogP contribution in [0, 0.1) is 5.92 Å². The van der Waals surface area contributed by atoms with Crippen LogP contribution in [-0.2, 0) is 14.3 Å². The zero-order valence-corrected chi connectivity index (χ0v) is 22.2. The molecule has 2 aromatic carbocycles. The Kier molecular flexibility index (Phi) is 7.20. The first-order valence-corrected chi connectivity index (χ1v) is 12.0. The number of hydrogen-bond acceptors (Lipinski definition) is 10. The summed E-state index contributed by atoms with van der Waals surface area (Å²) in [4.78, 5) is 39.8. The smallest absolute Gasteiger partial charge is 0.306 e. The fourth-order valence-corrected chi connectivity index (χ4v) is 5.36. The van der Waals surface area contributed by atoms with E-state index < -0.39 is 40.7 Å². The minimum Gasteiger partial charge on any atom is -0.507 e. The van der Waals surface area contributed by atoms with Crippen molar-refractivity contribution >= 4 is 29.1 Å². The first kappa shape index (κ1) is 27.1. The van der Waals surface area contributed by atoms with E-state index in [-0.39, 0.29) is 57.7 Å². The van der Waals surface area contributed by atoms with Gasteiger partial charge in [0, 0.05) is 29.9 Å². The number of allylic oxidation sites excluding steroid dienone is 1. The molecule has 1 heterocycles. The maximum Gasteiger partial charge on any atom is 0.306 e. The Hall–Kier alpha value is -3.92. The fourth-order valence-electron chi connectivity index (χ4n) is 5.10. The number of phenolic OH excluding ortho intramolecular Hbond substituents is 1. The van der Waals surface area contributed by atoms with Crippen molar-refractivity contribution in [3.8, 4) is 28.7 Å². The van der Waals surface area contributed by atoms with Gasteiger partial charge < -0.3 is 33.9 Å². The lowest BCUT2D eigenvalue weighted by molar-refractivity contribution is -0.140. The lowest BCUT2D eigenvalue weighted by atomic mass is 9.69. The van der Waals surface area contributed by atoms with Crippen LogP contribution in [0.15, 0.2) is 35.6 Å². The number of phenols is 1. The van der Waals surface area contributed by atoms with Gasteiger partial charge in [-0.1, -0.05) is 24.6 Å². The highest BCUT2D eigenvalue weighted by Crippen LogP contribution is 2.56. The third-order valence-electron chi connectivity index (χ3n) is 7.06. The third-order valence-corrected chi connectivity index (χ3v) is 7.42. The number of ketones is 2. The lowest BCUT2D eigenvalue weighted by Gasteiger charge is -2.38. The van der Waals surface area contributed by atoms with Gasteiger partial charge >= 0.3 is 5.97 Å². The number of aromatic hydroxyl groups is 1. The zero-order chi connectivity index (χ0) is 27.9. The van der Waals surface area contributed by atoms with Gasteiger partial charge in [0.1, 0.15) is 22.1 Å². The summed E-state index contributed by atoms with van der Waals surface area (Å²) in [5, 5.41) is 22.1. The molecule has 0 unspecified atom stereocenters. The Morgan fingerprint density at radius 2 is 1.74 bits per heavy atom. The second-order valence-corrected chi connectivity index (χ2v) is 9.40. The molecule has 2 N–H and O–H groups in total. The number of benzene rings is 2. The van der Waals surface area contributed by atoms with Gasteiger partial charge in [-0.3, -0.25) is 14.4 Å². The monoisotopic (exact) mass is 546 g/mol. The first-order valence-electron chi connectivity index (χ1n) is 11.6. The number of methoxy groups -OCH3 is 4. The first-order chi connectivity index (χ1) is 18.0. The highest BCUT2D eigenvalue weighted by atomic mass is 35.5. The molecule has 10 nitrogen and oxygen atoms in total. The van der Waals surface area contributed by atoms with Crippen molar-refractivity contribution in [2.24, 2.45) is 5.92 Å². The number of carbonyl (C=O) groups is 3. The normalized spacial score (nSPS) is 21.2. The summed E-state index contributed by atoms with van der Waals surface area (Å²) < 4.78 is 26.8. The predicted molar refractivity (Wildman–Crippen MR) is 135 cm³/mol. The van der Waals surface area contributed by atoms with Crippen LogP contribution in [0.3, 0.4) is 0 Å². The van der Waals surface area contributed by atoms with Crippen molar-refractivity contribution < 1.29 is 48.3 Å². The summed E-state index contributed by atoms with van der Waals surface area (Å²) in [5.41, 5.74) is -1.91. The summed E-state index contributed by atoms with van der Waals surface area (Å²) in [6, 6.07) is 5.76. The number of hydrogen-bond donors (Lipinski definition) is 2. The molecular formula is C27H27ClO10. The van der Waals surface area contributed by atoms with Crippen LogP contribution in [0.2, 0.25) is 5.02 Å². The van der Waals surface area contributed by atoms with Crippen LogP contribution in [0.5, 0.6) is 28.7 Å². The van der Waals surface area contributed by atoms with E-state index in [1.54, 1.807) is 13.0 Å². The van der Waals surface area contributed by atoms with E-state index in [1.807, 2.05) is 0 Å². The fraction of sp³-hybridized carbons (Fsp3) is 0.370. The average Bonchev–Trinajstić information content (AvgIpc) is 3.21. The van der Waals surface area contributed by atoms with Crippen molar-refractivity contribution in [3.63, 3.8) is 0 Å². The summed E-state index contributed by atoms with van der Waals surface area (Å²) in [5.74, 6) is -4.18. The van der Waals surface area contributed by atoms with E-state index in [0.29, 0.717) is 5.56 Å². The molecule has 0 fully saturated rings. The number of carbonyl (C=O) groups excluding carboxylic acids is 3. The van der Waals surface area contributed by atoms with Crippen LogP contribution < -0.4 is 18.9 Å². The van der Waals surface area contributed by atoms with Gasteiger partial charge in [0.2, 0.25) is 11.4 Å². The molecule has 1 aliphatic heterocycles. The number of esters is 1. The third kappa shape index (κ3) is 3.99. The molecule has 0 aromatic heterocycles. The van der Waals surface area contributed by atoms with Crippen LogP contribution in [0.1, 0.15) is 41.6 Å². The molecule has 38 heavy (non-hydrogen) atoms. The summed E-state index contributed by atoms with van der Waals surface area (Å²) >= 11 is 6.48. The average molecular weight is 547 g/mol. The van der Waals surface area contributed by atoms with Crippen LogP contribution in [0.25, 0.3) is 0 Å². The highest BCUT2D eigenvalue weighted by molar-refractivity contribution is 6.35. The summed E-state index contributed by atoms with van der Waals surface area (Å²) in [6.07, 6.45) is -0.549. The number of fused-ring (bicyclic) bond motifs is 1. The van der Waals surface area contributed by atoms with Crippen LogP contribution in [0.4, 0.5) is 0 Å². The number of Topliss-reactive ketones (excluding diaryl/α,β-unsaturated/α-hetero) is 2. The van der Waals surface area contributed by atoms with Crippen molar-refractivity contribution in [1.82, 2.24) is 0 Å². The molecule has 4 rings (SSSR count). The molecule has 2 aromatic rings. The molecule has 1 spiro atoms. The standard InChI is InChI=1S/C27H27ClO10/c1-12-8-16(30)21(14(10-20(31)37-5)13-6-7-17(34-2)15(29)9-13)25(32)27(12)26(33)22-18(35-3)11-19(36-4)23(28)24(22)38-27/h6-7,9,11-12,14,29,32H,8,10H2,1-5H3/t12-,14+,27+/m1/s1. The zero-order valence-electron chi connectivity index (χ0n) is 21.4. The predicted octanol–water partition coefficient (Wildman–Crippen LogP) is 4.15. The number of ether oxygens (including phenoxy) is 5. The molecule has 11 heteroatoms. The Balaban J connectivity index is 1.95. The van der Waals surface area contributed by atoms with Gasteiger partial charge in [-0.2, -0.15) is 0 Å². The van der Waals surface area contributed by atoms with Gasteiger partial charge in [0.15, 0.2) is 28.8 Å². The van der Waals surface area contributed by atoms with Gasteiger partial charge in [0.25, 0.3) is 0 Å². The molecule has 0 amide bonds. The topological polar surface area (TPSA) is 138 Å². The Morgan fingerprint density at radius 1 is 1.08 bits per heavy atom. The van der Waals surface area contributed by atoms with Gasteiger partial charge in [0.05, 0.1) is 34.9 Å². The van der Waals surface area contributed by atoms with Crippen LogP contribution in [-0.4, -0.2) is 61.8 Å². The largest absolute Gasteiger partial charge is 0.507 e. The molecule has 2 aliphatic rings. The number of rotatable bonds is 7. The minimum atomic E-state index is -2.02. The molecule has 3 atom stereocenters. The van der Waals surface area contributed by atoms with E-state index >= 15 is 0 Å². The van der Waals surface area contributed by atoms with E-state index in [9.17, 15) is 24.6 Å². The van der Waals surface area contributed by atoms with E-state index in [0.717, 1.165) is 0 Å². The molecule has 0 radical (unpaired) electrons. The van der Waals surface area contributed by atoms with Crippen LogP contribution >= 0.6 is 11.6 Å². The Bertz CT molecular complexity index is 1360. The highest BCUT2D eigenvalue weighted by Gasteiger charge is 2.61. The van der Waals surface area contributed by atoms with E-state index in [4.69, 9.17) is 35.3 Å². The van der Waals surface area contributed by atoms with Crippen molar-refractivity contribution in [1.29, 1.82) is 0 Å². The van der Waals surface area contributed by atoms with Gasteiger partial charge in [-0.15, -0.1) is 0 Å². The number of halogens is 1. The van der Waals surface area contributed by atoms with Crippen molar-refractivity contribution in [3.05, 3.63) is 51.7 Å². The maximum absolute atomic E-state index is 14.0. The lowest BCUT2D eigenvalue weighted by Crippen LogP contribution is -2.53. The van der Waals surface area contributed by atoms with Crippen molar-refractivity contribution in [2.75, 3.05) is 28.4 Å². The summed E-state index contributed by atoms with van der Waals surface area (Å²) in [6.45, 7) is 1.60. The number of aliphatic hydroxyl groups is 1. The van der Waals surface area contributed by atoms with E-state index in [2.05, 4.69) is 0 Å². The molecule has 0 bridgehead atoms. The molecular weight excluding hydrogens is 520 g/mol.